The Balaban J connectivity index is 0.000000141. The molecule has 4 aromatic rings. The van der Waals surface area contributed by atoms with Crippen molar-refractivity contribution in [2.24, 2.45) is 11.5 Å². The Labute approximate surface area is 142 Å². The van der Waals surface area contributed by atoms with Gasteiger partial charge in [0.1, 0.15) is 0 Å². The van der Waals surface area contributed by atoms with Crippen LogP contribution >= 0.6 is 0 Å². The van der Waals surface area contributed by atoms with Crippen molar-refractivity contribution in [1.82, 2.24) is 0 Å². The summed E-state index contributed by atoms with van der Waals surface area (Å²) in [6.45, 7) is 1.23. The summed E-state index contributed by atoms with van der Waals surface area (Å²) < 4.78 is 0. The van der Waals surface area contributed by atoms with Gasteiger partial charge in [0, 0.05) is 13.1 Å². The molecule has 0 spiro atoms. The van der Waals surface area contributed by atoms with Gasteiger partial charge in [-0.25, -0.2) is 0 Å². The van der Waals surface area contributed by atoms with Gasteiger partial charge in [0.25, 0.3) is 0 Å². The SMILES string of the molecule is NCc1ccc2ccccc2c1.NCc1cccc2ccccc12. The molecule has 0 aromatic heterocycles. The zero-order valence-electron chi connectivity index (χ0n) is 13.7. The molecule has 0 saturated carbocycles. The van der Waals surface area contributed by atoms with E-state index in [1.165, 1.54) is 32.7 Å². The topological polar surface area (TPSA) is 52.0 Å². The van der Waals surface area contributed by atoms with E-state index in [1.807, 2.05) is 30.3 Å². The van der Waals surface area contributed by atoms with Crippen molar-refractivity contribution in [2.75, 3.05) is 0 Å². The number of nitrogens with two attached hydrogens (primary N) is 2. The van der Waals surface area contributed by atoms with E-state index in [0.717, 1.165) is 0 Å². The van der Waals surface area contributed by atoms with Gasteiger partial charge in [0.15, 0.2) is 0 Å². The Kier molecular flexibility index (Phi) is 5.22. The van der Waals surface area contributed by atoms with Crippen LogP contribution in [0.25, 0.3) is 21.5 Å². The molecule has 0 bridgehead atoms. The number of hydrogen-bond donors (Lipinski definition) is 2. The van der Waals surface area contributed by atoms with Crippen LogP contribution in [0.15, 0.2) is 84.9 Å². The zero-order valence-corrected chi connectivity index (χ0v) is 13.7. The van der Waals surface area contributed by atoms with Gasteiger partial charge >= 0.3 is 0 Å². The van der Waals surface area contributed by atoms with Crippen LogP contribution in [0.5, 0.6) is 0 Å². The summed E-state index contributed by atoms with van der Waals surface area (Å²) in [5.41, 5.74) is 13.6. The molecular weight excluding hydrogens is 292 g/mol. The number of fused-ring (bicyclic) bond motifs is 2. The van der Waals surface area contributed by atoms with Gasteiger partial charge < -0.3 is 11.5 Å². The smallest absolute Gasteiger partial charge is 0.0184 e. The predicted octanol–water partition coefficient (Wildman–Crippen LogP) is 4.60. The lowest BCUT2D eigenvalue weighted by molar-refractivity contribution is 1.08. The highest BCUT2D eigenvalue weighted by molar-refractivity contribution is 5.85. The summed E-state index contributed by atoms with van der Waals surface area (Å²) in [7, 11) is 0. The molecule has 24 heavy (non-hydrogen) atoms. The zero-order chi connectivity index (χ0) is 16.8. The normalized spacial score (nSPS) is 10.4. The number of benzene rings is 4. The second-order valence-electron chi connectivity index (χ2n) is 5.73. The molecule has 0 radical (unpaired) electrons. The minimum absolute atomic E-state index is 0.612. The number of hydrogen-bond acceptors (Lipinski definition) is 2. The van der Waals surface area contributed by atoms with Crippen LogP contribution in [-0.2, 0) is 13.1 Å². The van der Waals surface area contributed by atoms with E-state index in [1.54, 1.807) is 0 Å². The maximum atomic E-state index is 5.62. The van der Waals surface area contributed by atoms with E-state index in [-0.39, 0.29) is 0 Å². The van der Waals surface area contributed by atoms with Crippen LogP contribution in [0.2, 0.25) is 0 Å². The van der Waals surface area contributed by atoms with Crippen molar-refractivity contribution in [3.63, 3.8) is 0 Å². The Hall–Kier alpha value is -2.68. The maximum Gasteiger partial charge on any atom is 0.0184 e. The summed E-state index contributed by atoms with van der Waals surface area (Å²) in [5.74, 6) is 0. The summed E-state index contributed by atoms with van der Waals surface area (Å²) in [6.07, 6.45) is 0. The second-order valence-corrected chi connectivity index (χ2v) is 5.73. The van der Waals surface area contributed by atoms with Crippen molar-refractivity contribution in [3.8, 4) is 0 Å². The lowest BCUT2D eigenvalue weighted by atomic mass is 10.1. The monoisotopic (exact) mass is 314 g/mol. The Bertz CT molecular complexity index is 933. The average Bonchev–Trinajstić information content (AvgIpc) is 2.67. The fourth-order valence-corrected chi connectivity index (χ4v) is 2.84. The third kappa shape index (κ3) is 3.62. The average molecular weight is 314 g/mol. The van der Waals surface area contributed by atoms with Gasteiger partial charge in [-0.3, -0.25) is 0 Å². The Morgan fingerprint density at radius 3 is 1.96 bits per heavy atom. The molecule has 4 aromatic carbocycles. The molecule has 120 valence electrons. The molecule has 0 heterocycles. The van der Waals surface area contributed by atoms with Crippen molar-refractivity contribution in [1.29, 1.82) is 0 Å². The van der Waals surface area contributed by atoms with Crippen LogP contribution < -0.4 is 11.5 Å². The standard InChI is InChI=1S/2C11H11N/c12-8-10-6-3-5-9-4-1-2-7-11(9)10;12-8-9-5-6-10-3-1-2-4-11(10)7-9/h2*1-7H,8,12H2. The Morgan fingerprint density at radius 2 is 1.21 bits per heavy atom. The van der Waals surface area contributed by atoms with Gasteiger partial charge in [-0.1, -0.05) is 78.9 Å². The van der Waals surface area contributed by atoms with Gasteiger partial charge in [-0.05, 0) is 38.7 Å². The summed E-state index contributed by atoms with van der Waals surface area (Å²) in [5, 5.41) is 5.07. The first kappa shape index (κ1) is 16.2. The number of rotatable bonds is 2. The van der Waals surface area contributed by atoms with Crippen LogP contribution in [0.3, 0.4) is 0 Å². The minimum Gasteiger partial charge on any atom is -0.326 e. The van der Waals surface area contributed by atoms with Crippen molar-refractivity contribution in [2.45, 2.75) is 13.1 Å². The quantitative estimate of drug-likeness (QED) is 0.568. The van der Waals surface area contributed by atoms with E-state index >= 15 is 0 Å². The fourth-order valence-electron chi connectivity index (χ4n) is 2.84. The highest BCUT2D eigenvalue weighted by atomic mass is 14.5. The van der Waals surface area contributed by atoms with Gasteiger partial charge in [-0.2, -0.15) is 0 Å². The summed E-state index contributed by atoms with van der Waals surface area (Å²) >= 11 is 0. The van der Waals surface area contributed by atoms with E-state index < -0.39 is 0 Å². The lowest BCUT2D eigenvalue weighted by Crippen LogP contribution is -1.96. The second kappa shape index (κ2) is 7.73. The van der Waals surface area contributed by atoms with E-state index in [4.69, 9.17) is 11.5 Å². The first-order valence-corrected chi connectivity index (χ1v) is 8.16. The molecule has 2 heteroatoms. The van der Waals surface area contributed by atoms with E-state index in [9.17, 15) is 0 Å². The lowest BCUT2D eigenvalue weighted by Gasteiger charge is -2.02. The van der Waals surface area contributed by atoms with Crippen molar-refractivity contribution in [3.05, 3.63) is 96.1 Å². The molecule has 4 rings (SSSR count). The third-order valence-electron chi connectivity index (χ3n) is 4.15. The van der Waals surface area contributed by atoms with Crippen LogP contribution in [0.4, 0.5) is 0 Å². The van der Waals surface area contributed by atoms with Gasteiger partial charge in [0.05, 0.1) is 0 Å². The van der Waals surface area contributed by atoms with Gasteiger partial charge in [-0.15, -0.1) is 0 Å². The molecule has 0 amide bonds. The Morgan fingerprint density at radius 1 is 0.542 bits per heavy atom. The van der Waals surface area contributed by atoms with Crippen molar-refractivity contribution < 1.29 is 0 Å². The molecule has 4 N–H and O–H groups in total. The van der Waals surface area contributed by atoms with Crippen LogP contribution in [0.1, 0.15) is 11.1 Å². The first-order chi connectivity index (χ1) is 11.8. The molecular formula is C22H22N2. The highest BCUT2D eigenvalue weighted by Gasteiger charge is 1.96. The van der Waals surface area contributed by atoms with E-state index in [2.05, 4.69) is 54.6 Å². The predicted molar refractivity (Wildman–Crippen MR) is 104 cm³/mol. The minimum atomic E-state index is 0.612. The molecule has 0 fully saturated rings. The molecule has 0 aliphatic rings. The highest BCUT2D eigenvalue weighted by Crippen LogP contribution is 2.17. The van der Waals surface area contributed by atoms with Gasteiger partial charge in [0.2, 0.25) is 0 Å². The molecule has 0 aliphatic heterocycles. The molecule has 0 aliphatic carbocycles. The first-order valence-electron chi connectivity index (χ1n) is 8.16. The molecule has 0 unspecified atom stereocenters. The molecule has 2 nitrogen and oxygen atoms in total. The summed E-state index contributed by atoms with van der Waals surface area (Å²) in [6, 6.07) is 29.1. The van der Waals surface area contributed by atoms with Crippen LogP contribution in [-0.4, -0.2) is 0 Å². The molecule has 0 atom stereocenters. The van der Waals surface area contributed by atoms with Crippen LogP contribution in [0, 0.1) is 0 Å². The molecule has 0 saturated heterocycles. The van der Waals surface area contributed by atoms with Crippen molar-refractivity contribution >= 4 is 21.5 Å². The summed E-state index contributed by atoms with van der Waals surface area (Å²) in [4.78, 5) is 0. The fraction of sp³-hybridized carbons (Fsp3) is 0.0909. The van der Waals surface area contributed by atoms with E-state index in [0.29, 0.717) is 13.1 Å². The largest absolute Gasteiger partial charge is 0.326 e. The third-order valence-corrected chi connectivity index (χ3v) is 4.15. The maximum absolute atomic E-state index is 5.62.